The van der Waals surface area contributed by atoms with Gasteiger partial charge in [-0.3, -0.25) is 0 Å². The maximum atomic E-state index is 5.46. The van der Waals surface area contributed by atoms with Crippen LogP contribution < -0.4 is 10.1 Å². The van der Waals surface area contributed by atoms with E-state index in [2.05, 4.69) is 43.2 Å². The molecule has 1 aromatic carbocycles. The number of halogens is 1. The van der Waals surface area contributed by atoms with Crippen LogP contribution in [-0.2, 0) is 11.3 Å². The maximum absolute atomic E-state index is 5.46. The van der Waals surface area contributed by atoms with Crippen molar-refractivity contribution >= 4 is 29.9 Å². The second kappa shape index (κ2) is 10.8. The van der Waals surface area contributed by atoms with Gasteiger partial charge in [0.1, 0.15) is 5.75 Å². The van der Waals surface area contributed by atoms with E-state index in [9.17, 15) is 0 Å². The van der Waals surface area contributed by atoms with Crippen molar-refractivity contribution in [1.82, 2.24) is 10.2 Å². The van der Waals surface area contributed by atoms with Crippen molar-refractivity contribution in [3.63, 3.8) is 0 Å². The summed E-state index contributed by atoms with van der Waals surface area (Å²) < 4.78 is 10.8. The average Bonchev–Trinajstić information content (AvgIpc) is 3.04. The number of rotatable bonds is 6. The first-order valence-electron chi connectivity index (χ1n) is 8.34. The summed E-state index contributed by atoms with van der Waals surface area (Å²) in [5.41, 5.74) is 2.33. The van der Waals surface area contributed by atoms with Crippen LogP contribution in [0.25, 0.3) is 0 Å². The van der Waals surface area contributed by atoms with E-state index in [0.29, 0.717) is 12.5 Å². The predicted molar refractivity (Wildman–Crippen MR) is 110 cm³/mol. The van der Waals surface area contributed by atoms with Crippen LogP contribution in [-0.4, -0.2) is 51.3 Å². The van der Waals surface area contributed by atoms with Crippen molar-refractivity contribution in [1.29, 1.82) is 0 Å². The van der Waals surface area contributed by atoms with Gasteiger partial charge in [0.05, 0.1) is 20.3 Å². The van der Waals surface area contributed by atoms with E-state index in [1.807, 2.05) is 6.07 Å². The van der Waals surface area contributed by atoms with Crippen molar-refractivity contribution in [3.05, 3.63) is 29.3 Å². The molecule has 1 unspecified atom stereocenters. The molecule has 1 N–H and O–H groups in total. The third kappa shape index (κ3) is 6.12. The molecule has 0 aliphatic carbocycles. The molecule has 1 aromatic rings. The molecule has 24 heavy (non-hydrogen) atoms. The smallest absolute Gasteiger partial charge is 0.193 e. The Bertz CT molecular complexity index is 531. The minimum Gasteiger partial charge on any atom is -0.496 e. The number of nitrogens with zero attached hydrogens (tertiary/aromatic N) is 2. The van der Waals surface area contributed by atoms with Crippen molar-refractivity contribution in [3.8, 4) is 5.75 Å². The van der Waals surface area contributed by atoms with E-state index in [4.69, 9.17) is 14.5 Å². The fourth-order valence-corrected chi connectivity index (χ4v) is 2.88. The number of hydrogen-bond acceptors (Lipinski definition) is 3. The number of benzene rings is 1. The summed E-state index contributed by atoms with van der Waals surface area (Å²) in [7, 11) is 3.80. The van der Waals surface area contributed by atoms with Gasteiger partial charge in [0, 0.05) is 32.7 Å². The number of aliphatic imine (C=N–C) groups is 1. The summed E-state index contributed by atoms with van der Waals surface area (Å²) >= 11 is 0. The van der Waals surface area contributed by atoms with Crippen molar-refractivity contribution in [2.24, 2.45) is 10.9 Å². The molecule has 5 nitrogen and oxygen atoms in total. The number of hydrogen-bond donors (Lipinski definition) is 1. The van der Waals surface area contributed by atoms with E-state index < -0.39 is 0 Å². The van der Waals surface area contributed by atoms with Gasteiger partial charge in [0.25, 0.3) is 0 Å². The quantitative estimate of drug-likeness (QED) is 0.414. The summed E-state index contributed by atoms with van der Waals surface area (Å²) in [6.45, 7) is 8.42. The largest absolute Gasteiger partial charge is 0.496 e. The molecule has 1 heterocycles. The summed E-state index contributed by atoms with van der Waals surface area (Å²) in [6.07, 6.45) is 1.14. The van der Waals surface area contributed by atoms with E-state index in [1.165, 1.54) is 5.56 Å². The molecule has 6 heteroatoms. The first-order chi connectivity index (χ1) is 11.1. The summed E-state index contributed by atoms with van der Waals surface area (Å²) in [6, 6.07) is 6.22. The molecule has 2 rings (SSSR count). The van der Waals surface area contributed by atoms with Gasteiger partial charge in [-0.2, -0.15) is 0 Å². The normalized spacial score (nSPS) is 17.3. The standard InChI is InChI=1S/C18H29N3O2.HI/c1-5-19-18(21(3)12-16-8-9-23-13-16)20-11-15-6-7-17(22-4)14(2)10-15;/h6-7,10,16H,5,8-9,11-13H2,1-4H3,(H,19,20);1H. The van der Waals surface area contributed by atoms with Crippen LogP contribution in [0.1, 0.15) is 24.5 Å². The predicted octanol–water partition coefficient (Wildman–Crippen LogP) is 3.06. The van der Waals surface area contributed by atoms with E-state index in [0.717, 1.165) is 50.0 Å². The molecular formula is C18H30IN3O2. The number of nitrogens with one attached hydrogen (secondary N) is 1. The highest BCUT2D eigenvalue weighted by atomic mass is 127. The molecule has 0 aromatic heterocycles. The Morgan fingerprint density at radius 1 is 1.46 bits per heavy atom. The van der Waals surface area contributed by atoms with Gasteiger partial charge in [-0.15, -0.1) is 24.0 Å². The van der Waals surface area contributed by atoms with Crippen LogP contribution in [0.5, 0.6) is 5.75 Å². The molecule has 0 amide bonds. The lowest BCUT2D eigenvalue weighted by molar-refractivity contribution is 0.181. The van der Waals surface area contributed by atoms with Gasteiger partial charge < -0.3 is 19.7 Å². The Hall–Kier alpha value is -1.02. The topological polar surface area (TPSA) is 46.1 Å². The zero-order valence-corrected chi connectivity index (χ0v) is 17.5. The van der Waals surface area contributed by atoms with Crippen LogP contribution in [0.4, 0.5) is 0 Å². The molecule has 1 atom stereocenters. The Kier molecular flexibility index (Phi) is 9.43. The second-order valence-electron chi connectivity index (χ2n) is 6.08. The first kappa shape index (κ1) is 21.0. The molecule has 136 valence electrons. The number of aryl methyl sites for hydroxylation is 1. The van der Waals surface area contributed by atoms with Crippen LogP contribution in [0, 0.1) is 12.8 Å². The first-order valence-corrected chi connectivity index (χ1v) is 8.34. The Balaban J connectivity index is 0.00000288. The molecule has 1 fully saturated rings. The zero-order chi connectivity index (χ0) is 16.7. The number of methoxy groups -OCH3 is 1. The summed E-state index contributed by atoms with van der Waals surface area (Å²) in [4.78, 5) is 6.98. The van der Waals surface area contributed by atoms with Gasteiger partial charge in [0.15, 0.2) is 5.96 Å². The molecule has 0 spiro atoms. The molecule has 0 bridgehead atoms. The van der Waals surface area contributed by atoms with E-state index >= 15 is 0 Å². The third-order valence-electron chi connectivity index (χ3n) is 4.12. The highest BCUT2D eigenvalue weighted by Gasteiger charge is 2.19. The monoisotopic (exact) mass is 447 g/mol. The van der Waals surface area contributed by atoms with Crippen molar-refractivity contribution in [2.75, 3.05) is 40.5 Å². The van der Waals surface area contributed by atoms with Crippen LogP contribution in [0.15, 0.2) is 23.2 Å². The lowest BCUT2D eigenvalue weighted by atomic mass is 10.1. The van der Waals surface area contributed by atoms with Crippen LogP contribution in [0.2, 0.25) is 0 Å². The highest BCUT2D eigenvalue weighted by molar-refractivity contribution is 14.0. The third-order valence-corrected chi connectivity index (χ3v) is 4.12. The van der Waals surface area contributed by atoms with Crippen LogP contribution >= 0.6 is 24.0 Å². The molecule has 1 saturated heterocycles. The lowest BCUT2D eigenvalue weighted by Gasteiger charge is -2.24. The number of ether oxygens (including phenoxy) is 2. The minimum absolute atomic E-state index is 0. The highest BCUT2D eigenvalue weighted by Crippen LogP contribution is 2.19. The fourth-order valence-electron chi connectivity index (χ4n) is 2.88. The maximum Gasteiger partial charge on any atom is 0.193 e. The molecule has 0 saturated carbocycles. The van der Waals surface area contributed by atoms with Crippen molar-refractivity contribution < 1.29 is 9.47 Å². The van der Waals surface area contributed by atoms with E-state index in [1.54, 1.807) is 7.11 Å². The summed E-state index contributed by atoms with van der Waals surface area (Å²) in [5.74, 6) is 2.47. The van der Waals surface area contributed by atoms with Gasteiger partial charge in [-0.05, 0) is 37.5 Å². The fraction of sp³-hybridized carbons (Fsp3) is 0.611. The minimum atomic E-state index is 0. The molecule has 1 aliphatic heterocycles. The van der Waals surface area contributed by atoms with Crippen LogP contribution in [0.3, 0.4) is 0 Å². The Morgan fingerprint density at radius 3 is 2.83 bits per heavy atom. The lowest BCUT2D eigenvalue weighted by Crippen LogP contribution is -2.41. The van der Waals surface area contributed by atoms with Gasteiger partial charge >= 0.3 is 0 Å². The Morgan fingerprint density at radius 2 is 2.25 bits per heavy atom. The Labute approximate surface area is 162 Å². The number of guanidine groups is 1. The van der Waals surface area contributed by atoms with E-state index in [-0.39, 0.29) is 24.0 Å². The van der Waals surface area contributed by atoms with Gasteiger partial charge in [-0.1, -0.05) is 12.1 Å². The summed E-state index contributed by atoms with van der Waals surface area (Å²) in [5, 5.41) is 3.37. The molecule has 1 aliphatic rings. The molecular weight excluding hydrogens is 417 g/mol. The van der Waals surface area contributed by atoms with Gasteiger partial charge in [0.2, 0.25) is 0 Å². The molecule has 0 radical (unpaired) electrons. The average molecular weight is 447 g/mol. The van der Waals surface area contributed by atoms with Gasteiger partial charge in [-0.25, -0.2) is 4.99 Å². The second-order valence-corrected chi connectivity index (χ2v) is 6.08. The van der Waals surface area contributed by atoms with Crippen molar-refractivity contribution in [2.45, 2.75) is 26.8 Å². The SMILES string of the molecule is CCNC(=NCc1ccc(OC)c(C)c1)N(C)CC1CCOC1.I. The zero-order valence-electron chi connectivity index (χ0n) is 15.2.